The Morgan fingerprint density at radius 1 is 1.26 bits per heavy atom. The highest BCUT2D eigenvalue weighted by atomic mass is 32.1. The lowest BCUT2D eigenvalue weighted by Gasteiger charge is -2.30. The number of benzene rings is 1. The number of anilines is 1. The minimum Gasteiger partial charge on any atom is -0.494 e. The largest absolute Gasteiger partial charge is 0.494 e. The number of carbonyl (C=O) groups excluding carboxylic acids is 2. The summed E-state index contributed by atoms with van der Waals surface area (Å²) in [5.74, 6) is 0.926. The molecule has 0 saturated carbocycles. The molecule has 2 aromatic rings. The van der Waals surface area contributed by atoms with Crippen LogP contribution in [0.2, 0.25) is 0 Å². The topological polar surface area (TPSA) is 71.5 Å². The molecule has 144 valence electrons. The number of likely N-dealkylation sites (tertiary alicyclic amines) is 1. The zero-order chi connectivity index (χ0) is 19.2. The Labute approximate surface area is 163 Å². The van der Waals surface area contributed by atoms with Crippen LogP contribution >= 0.6 is 11.3 Å². The third kappa shape index (κ3) is 5.37. The van der Waals surface area contributed by atoms with Crippen LogP contribution in [0, 0.1) is 12.8 Å². The van der Waals surface area contributed by atoms with Gasteiger partial charge in [0.1, 0.15) is 5.75 Å². The van der Waals surface area contributed by atoms with Gasteiger partial charge in [0.2, 0.25) is 5.91 Å². The van der Waals surface area contributed by atoms with Gasteiger partial charge in [-0.15, -0.1) is 11.3 Å². The van der Waals surface area contributed by atoms with Gasteiger partial charge in [-0.05, 0) is 64.0 Å². The average molecular weight is 388 g/mol. The molecule has 6 nitrogen and oxygen atoms in total. The van der Waals surface area contributed by atoms with Gasteiger partial charge >= 0.3 is 0 Å². The lowest BCUT2D eigenvalue weighted by atomic mass is 9.89. The summed E-state index contributed by atoms with van der Waals surface area (Å²) in [6, 6.07) is 7.36. The molecule has 1 aromatic carbocycles. The first-order chi connectivity index (χ1) is 13.0. The molecule has 1 N–H and O–H groups in total. The van der Waals surface area contributed by atoms with Crippen LogP contribution in [0.25, 0.3) is 0 Å². The van der Waals surface area contributed by atoms with Crippen molar-refractivity contribution in [3.05, 3.63) is 40.9 Å². The van der Waals surface area contributed by atoms with Crippen molar-refractivity contribution in [3.8, 4) is 5.75 Å². The minimum absolute atomic E-state index is 0.0175. The molecule has 1 aliphatic heterocycles. The second-order valence-corrected chi connectivity index (χ2v) is 7.57. The Morgan fingerprint density at radius 3 is 2.56 bits per heavy atom. The smallest absolute Gasteiger partial charge is 0.240 e. The Kier molecular flexibility index (Phi) is 6.58. The number of hydrogen-bond donors (Lipinski definition) is 1. The van der Waals surface area contributed by atoms with Crippen LogP contribution in [0.5, 0.6) is 5.75 Å². The fraction of sp³-hybridized carbons (Fsp3) is 0.450. The molecule has 1 amide bonds. The molecule has 1 fully saturated rings. The summed E-state index contributed by atoms with van der Waals surface area (Å²) < 4.78 is 5.42. The molecule has 1 saturated heterocycles. The van der Waals surface area contributed by atoms with Gasteiger partial charge in [-0.1, -0.05) is 0 Å². The van der Waals surface area contributed by atoms with E-state index < -0.39 is 0 Å². The van der Waals surface area contributed by atoms with Gasteiger partial charge in [-0.3, -0.25) is 14.5 Å². The van der Waals surface area contributed by atoms with Crippen molar-refractivity contribution >= 4 is 28.2 Å². The van der Waals surface area contributed by atoms with Gasteiger partial charge in [-0.25, -0.2) is 4.98 Å². The van der Waals surface area contributed by atoms with Gasteiger partial charge in [-0.2, -0.15) is 0 Å². The molecule has 0 unspecified atom stereocenters. The van der Waals surface area contributed by atoms with Crippen molar-refractivity contribution in [1.82, 2.24) is 9.88 Å². The van der Waals surface area contributed by atoms with Crippen LogP contribution < -0.4 is 10.1 Å². The van der Waals surface area contributed by atoms with Gasteiger partial charge < -0.3 is 10.1 Å². The summed E-state index contributed by atoms with van der Waals surface area (Å²) in [6.07, 6.45) is 1.55. The number of carbonyl (C=O) groups is 2. The summed E-state index contributed by atoms with van der Waals surface area (Å²) in [5, 5.41) is 5.38. The summed E-state index contributed by atoms with van der Waals surface area (Å²) in [7, 11) is 0. The van der Waals surface area contributed by atoms with Crippen molar-refractivity contribution < 1.29 is 14.3 Å². The number of Topliss-reactive ketones (excluding diaryl/α,β-unsaturated/α-hetero) is 1. The summed E-state index contributed by atoms with van der Waals surface area (Å²) in [6.45, 7) is 6.28. The molecule has 27 heavy (non-hydrogen) atoms. The third-order valence-electron chi connectivity index (χ3n) is 4.64. The zero-order valence-corrected chi connectivity index (χ0v) is 16.6. The highest BCUT2D eigenvalue weighted by molar-refractivity contribution is 7.13. The Balaban J connectivity index is 1.46. The predicted octanol–water partition coefficient (Wildman–Crippen LogP) is 3.38. The van der Waals surface area contributed by atoms with Crippen LogP contribution in [0.1, 0.15) is 35.8 Å². The summed E-state index contributed by atoms with van der Waals surface area (Å²) in [5.41, 5.74) is 1.64. The van der Waals surface area contributed by atoms with E-state index in [0.29, 0.717) is 18.3 Å². The fourth-order valence-corrected chi connectivity index (χ4v) is 3.95. The summed E-state index contributed by atoms with van der Waals surface area (Å²) >= 11 is 1.43. The van der Waals surface area contributed by atoms with E-state index in [4.69, 9.17) is 4.74 Å². The Morgan fingerprint density at radius 2 is 1.96 bits per heavy atom. The summed E-state index contributed by atoms with van der Waals surface area (Å²) in [4.78, 5) is 31.2. The van der Waals surface area contributed by atoms with Gasteiger partial charge in [0.25, 0.3) is 0 Å². The molecule has 0 aliphatic carbocycles. The molecule has 1 aliphatic rings. The van der Waals surface area contributed by atoms with Crippen LogP contribution in [-0.4, -0.2) is 47.8 Å². The van der Waals surface area contributed by atoms with Crippen LogP contribution in [0.4, 0.5) is 5.13 Å². The van der Waals surface area contributed by atoms with E-state index in [1.54, 1.807) is 0 Å². The van der Waals surface area contributed by atoms with Gasteiger partial charge in [0, 0.05) is 16.9 Å². The fourth-order valence-electron chi connectivity index (χ4n) is 3.24. The number of nitrogens with zero attached hydrogens (tertiary/aromatic N) is 2. The normalized spacial score (nSPS) is 15.5. The van der Waals surface area contributed by atoms with Crippen LogP contribution in [-0.2, 0) is 4.79 Å². The molecule has 2 heterocycles. The number of nitrogens with one attached hydrogen (secondary N) is 1. The number of aryl methyl sites for hydroxylation is 1. The first kappa shape index (κ1) is 19.5. The predicted molar refractivity (Wildman–Crippen MR) is 107 cm³/mol. The Bertz CT molecular complexity index is 780. The first-order valence-corrected chi connectivity index (χ1v) is 10.1. The number of thiazole rings is 1. The average Bonchev–Trinajstić information content (AvgIpc) is 3.07. The number of hydrogen-bond acceptors (Lipinski definition) is 6. The van der Waals surface area contributed by atoms with E-state index >= 15 is 0 Å². The second-order valence-electron chi connectivity index (χ2n) is 6.71. The maximum absolute atomic E-state index is 12.7. The second kappa shape index (κ2) is 9.10. The van der Waals surface area contributed by atoms with E-state index in [1.807, 2.05) is 43.5 Å². The van der Waals surface area contributed by atoms with Crippen molar-refractivity contribution in [2.24, 2.45) is 5.92 Å². The van der Waals surface area contributed by atoms with Crippen molar-refractivity contribution in [2.45, 2.75) is 26.7 Å². The van der Waals surface area contributed by atoms with Crippen LogP contribution in [0.3, 0.4) is 0 Å². The Hall–Kier alpha value is -2.25. The lowest BCUT2D eigenvalue weighted by Crippen LogP contribution is -2.40. The highest BCUT2D eigenvalue weighted by Gasteiger charge is 2.26. The first-order valence-electron chi connectivity index (χ1n) is 9.26. The number of aromatic nitrogens is 1. The minimum atomic E-state index is -0.0550. The number of ketones is 1. The van der Waals surface area contributed by atoms with E-state index in [0.717, 1.165) is 42.9 Å². The van der Waals surface area contributed by atoms with Gasteiger partial charge in [0.05, 0.1) is 18.8 Å². The maximum atomic E-state index is 12.7. The van der Waals surface area contributed by atoms with Crippen molar-refractivity contribution in [1.29, 1.82) is 0 Å². The molecular formula is C20H25N3O3S. The maximum Gasteiger partial charge on any atom is 0.240 e. The number of ether oxygens (including phenoxy) is 1. The third-order valence-corrected chi connectivity index (χ3v) is 5.52. The molecule has 0 bridgehead atoms. The molecule has 7 heteroatoms. The monoisotopic (exact) mass is 387 g/mol. The standard InChI is InChI=1S/C20H25N3O3S/c1-3-26-17-6-4-15(5-7-17)19(25)16-8-10-23(11-9-16)12-18(24)22-20-21-14(2)13-27-20/h4-7,13,16H,3,8-12H2,1-2H3,(H,21,22,24). The molecule has 0 spiro atoms. The molecule has 3 rings (SSSR count). The molecule has 0 radical (unpaired) electrons. The van der Waals surface area contributed by atoms with Crippen molar-refractivity contribution in [3.63, 3.8) is 0 Å². The van der Waals surface area contributed by atoms with E-state index in [2.05, 4.69) is 15.2 Å². The highest BCUT2D eigenvalue weighted by Crippen LogP contribution is 2.23. The van der Waals surface area contributed by atoms with Crippen molar-refractivity contribution in [2.75, 3.05) is 31.6 Å². The van der Waals surface area contributed by atoms with Gasteiger partial charge in [0.15, 0.2) is 10.9 Å². The van der Waals surface area contributed by atoms with E-state index in [9.17, 15) is 9.59 Å². The van der Waals surface area contributed by atoms with Crippen LogP contribution in [0.15, 0.2) is 29.6 Å². The molecule has 0 atom stereocenters. The quantitative estimate of drug-likeness (QED) is 0.738. The molecule has 1 aromatic heterocycles. The van der Waals surface area contributed by atoms with E-state index in [1.165, 1.54) is 11.3 Å². The number of rotatable bonds is 7. The number of amides is 1. The molecular weight excluding hydrogens is 362 g/mol. The zero-order valence-electron chi connectivity index (χ0n) is 15.7. The SMILES string of the molecule is CCOc1ccc(C(=O)C2CCN(CC(=O)Nc3nc(C)cs3)CC2)cc1. The van der Waals surface area contributed by atoms with E-state index in [-0.39, 0.29) is 17.6 Å². The lowest BCUT2D eigenvalue weighted by molar-refractivity contribution is -0.117. The number of piperidine rings is 1.